The highest BCUT2D eigenvalue weighted by molar-refractivity contribution is 6.30. The van der Waals surface area contributed by atoms with E-state index in [-0.39, 0.29) is 0 Å². The highest BCUT2D eigenvalue weighted by Gasteiger charge is 2.17. The number of nitrogens with one attached hydrogen (secondary N) is 1. The Labute approximate surface area is 109 Å². The zero-order chi connectivity index (χ0) is 12.1. The van der Waals surface area contributed by atoms with Crippen molar-refractivity contribution in [3.63, 3.8) is 0 Å². The third-order valence-corrected chi connectivity index (χ3v) is 3.82. The average molecular weight is 253 g/mol. The van der Waals surface area contributed by atoms with E-state index in [1.165, 1.54) is 32.2 Å². The number of nitrogens with zero attached hydrogens (tertiary/aromatic N) is 1. The molecule has 1 aromatic rings. The van der Waals surface area contributed by atoms with E-state index in [4.69, 9.17) is 11.6 Å². The van der Waals surface area contributed by atoms with E-state index in [0.29, 0.717) is 0 Å². The summed E-state index contributed by atoms with van der Waals surface area (Å²) in [5.41, 5.74) is 1.16. The number of anilines is 1. The van der Waals surface area contributed by atoms with Crippen LogP contribution in [0, 0.1) is 0 Å². The van der Waals surface area contributed by atoms with Crippen LogP contribution in [0.5, 0.6) is 0 Å². The van der Waals surface area contributed by atoms with Gasteiger partial charge in [-0.1, -0.05) is 18.0 Å². The molecule has 0 radical (unpaired) electrons. The van der Waals surface area contributed by atoms with Crippen molar-refractivity contribution in [2.24, 2.45) is 0 Å². The van der Waals surface area contributed by atoms with Gasteiger partial charge in [-0.15, -0.1) is 0 Å². The number of hydrogen-bond donors (Lipinski definition) is 1. The first-order valence-corrected chi connectivity index (χ1v) is 6.83. The molecule has 0 aromatic heterocycles. The van der Waals surface area contributed by atoms with Crippen LogP contribution in [-0.2, 0) is 0 Å². The Kier molecular flexibility index (Phi) is 4.69. The molecule has 0 aliphatic carbocycles. The van der Waals surface area contributed by atoms with E-state index in [2.05, 4.69) is 17.3 Å². The van der Waals surface area contributed by atoms with Crippen LogP contribution in [0.2, 0.25) is 5.02 Å². The zero-order valence-electron chi connectivity index (χ0n) is 10.5. The Bertz CT molecular complexity index is 337. The maximum Gasteiger partial charge on any atom is 0.0407 e. The molecule has 1 N–H and O–H groups in total. The van der Waals surface area contributed by atoms with Crippen LogP contribution in [0.1, 0.15) is 25.7 Å². The molecule has 1 atom stereocenters. The van der Waals surface area contributed by atoms with E-state index >= 15 is 0 Å². The molecule has 0 unspecified atom stereocenters. The van der Waals surface area contributed by atoms with Crippen molar-refractivity contribution in [3.8, 4) is 0 Å². The smallest absolute Gasteiger partial charge is 0.0407 e. The SMILES string of the molecule is CN1CCCC[C@@H]1CCNc1ccc(Cl)cc1. The quantitative estimate of drug-likeness (QED) is 0.881. The third-order valence-electron chi connectivity index (χ3n) is 3.57. The molecule has 0 spiro atoms. The molecule has 94 valence electrons. The topological polar surface area (TPSA) is 15.3 Å². The van der Waals surface area contributed by atoms with E-state index in [9.17, 15) is 0 Å². The van der Waals surface area contributed by atoms with Crippen LogP contribution in [0.3, 0.4) is 0 Å². The van der Waals surface area contributed by atoms with Gasteiger partial charge < -0.3 is 10.2 Å². The van der Waals surface area contributed by atoms with Crippen molar-refractivity contribution in [3.05, 3.63) is 29.3 Å². The molecule has 1 heterocycles. The largest absolute Gasteiger partial charge is 0.385 e. The minimum atomic E-state index is 0.753. The van der Waals surface area contributed by atoms with Gasteiger partial charge >= 0.3 is 0 Å². The van der Waals surface area contributed by atoms with Gasteiger partial charge in [0.05, 0.1) is 0 Å². The molecule has 1 aromatic carbocycles. The van der Waals surface area contributed by atoms with Crippen LogP contribution in [-0.4, -0.2) is 31.1 Å². The minimum Gasteiger partial charge on any atom is -0.385 e. The number of hydrogen-bond acceptors (Lipinski definition) is 2. The number of likely N-dealkylation sites (tertiary alicyclic amines) is 1. The minimum absolute atomic E-state index is 0.753. The molecule has 3 heteroatoms. The lowest BCUT2D eigenvalue weighted by atomic mass is 10.0. The molecule has 1 fully saturated rings. The van der Waals surface area contributed by atoms with Gasteiger partial charge in [0.2, 0.25) is 0 Å². The summed E-state index contributed by atoms with van der Waals surface area (Å²) in [6.07, 6.45) is 5.31. The lowest BCUT2D eigenvalue weighted by Gasteiger charge is -2.32. The van der Waals surface area contributed by atoms with Gasteiger partial charge in [0.25, 0.3) is 0 Å². The summed E-state index contributed by atoms with van der Waals surface area (Å²) < 4.78 is 0. The van der Waals surface area contributed by atoms with Crippen LogP contribution in [0.15, 0.2) is 24.3 Å². The Morgan fingerprint density at radius 2 is 2.06 bits per heavy atom. The molecule has 0 amide bonds. The summed E-state index contributed by atoms with van der Waals surface area (Å²) in [4.78, 5) is 2.49. The lowest BCUT2D eigenvalue weighted by molar-refractivity contribution is 0.179. The normalized spacial score (nSPS) is 21.4. The van der Waals surface area contributed by atoms with Crippen molar-refractivity contribution in [1.29, 1.82) is 0 Å². The van der Waals surface area contributed by atoms with Crippen molar-refractivity contribution >= 4 is 17.3 Å². The predicted octanol–water partition coefficient (Wildman–Crippen LogP) is 3.63. The number of halogens is 1. The van der Waals surface area contributed by atoms with Gasteiger partial charge in [0, 0.05) is 23.3 Å². The Hall–Kier alpha value is -0.730. The number of piperidine rings is 1. The highest BCUT2D eigenvalue weighted by Crippen LogP contribution is 2.18. The fourth-order valence-corrected chi connectivity index (χ4v) is 2.59. The van der Waals surface area contributed by atoms with Crippen molar-refractivity contribution in [2.75, 3.05) is 25.5 Å². The fourth-order valence-electron chi connectivity index (χ4n) is 2.46. The molecule has 1 aliphatic heterocycles. The number of rotatable bonds is 4. The van der Waals surface area contributed by atoms with Crippen LogP contribution in [0.25, 0.3) is 0 Å². The summed E-state index contributed by atoms with van der Waals surface area (Å²) in [5.74, 6) is 0. The van der Waals surface area contributed by atoms with Crippen molar-refractivity contribution in [1.82, 2.24) is 4.90 Å². The summed E-state index contributed by atoms with van der Waals surface area (Å²) in [7, 11) is 2.24. The van der Waals surface area contributed by atoms with Crippen molar-refractivity contribution in [2.45, 2.75) is 31.7 Å². The highest BCUT2D eigenvalue weighted by atomic mass is 35.5. The first-order valence-electron chi connectivity index (χ1n) is 6.45. The van der Waals surface area contributed by atoms with Crippen LogP contribution in [0.4, 0.5) is 5.69 Å². The summed E-state index contributed by atoms with van der Waals surface area (Å²) in [6.45, 7) is 2.29. The van der Waals surface area contributed by atoms with Gasteiger partial charge in [0.15, 0.2) is 0 Å². The van der Waals surface area contributed by atoms with Gasteiger partial charge in [-0.3, -0.25) is 0 Å². The van der Waals surface area contributed by atoms with Crippen molar-refractivity contribution < 1.29 is 0 Å². The van der Waals surface area contributed by atoms with Gasteiger partial charge in [-0.2, -0.15) is 0 Å². The summed E-state index contributed by atoms with van der Waals surface area (Å²) in [6, 6.07) is 8.68. The first-order chi connectivity index (χ1) is 8.25. The summed E-state index contributed by atoms with van der Waals surface area (Å²) in [5, 5.41) is 4.25. The molecular formula is C14H21ClN2. The zero-order valence-corrected chi connectivity index (χ0v) is 11.2. The van der Waals surface area contributed by atoms with E-state index < -0.39 is 0 Å². The van der Waals surface area contributed by atoms with Gasteiger partial charge in [-0.25, -0.2) is 0 Å². The second kappa shape index (κ2) is 6.27. The van der Waals surface area contributed by atoms with Gasteiger partial charge in [0.1, 0.15) is 0 Å². The predicted molar refractivity (Wildman–Crippen MR) is 74.8 cm³/mol. The lowest BCUT2D eigenvalue weighted by Crippen LogP contribution is -2.37. The van der Waals surface area contributed by atoms with Crippen LogP contribution >= 0.6 is 11.6 Å². The Morgan fingerprint density at radius 1 is 1.29 bits per heavy atom. The summed E-state index contributed by atoms with van der Waals surface area (Å²) >= 11 is 5.85. The standard InChI is InChI=1S/C14H21ClN2/c1-17-11-3-2-4-14(17)9-10-16-13-7-5-12(15)6-8-13/h5-8,14,16H,2-4,9-11H2,1H3/t14-/m1/s1. The van der Waals surface area contributed by atoms with E-state index in [1.807, 2.05) is 24.3 Å². The molecule has 0 saturated carbocycles. The molecular weight excluding hydrogens is 232 g/mol. The fraction of sp³-hybridized carbons (Fsp3) is 0.571. The second-order valence-electron chi connectivity index (χ2n) is 4.85. The second-order valence-corrected chi connectivity index (χ2v) is 5.29. The Balaban J connectivity index is 1.73. The monoisotopic (exact) mass is 252 g/mol. The maximum atomic E-state index is 5.85. The van der Waals surface area contributed by atoms with Crippen LogP contribution < -0.4 is 5.32 Å². The molecule has 0 bridgehead atoms. The van der Waals surface area contributed by atoms with E-state index in [1.54, 1.807) is 0 Å². The Morgan fingerprint density at radius 3 is 2.76 bits per heavy atom. The number of benzene rings is 1. The first kappa shape index (κ1) is 12.7. The van der Waals surface area contributed by atoms with E-state index in [0.717, 1.165) is 23.3 Å². The van der Waals surface area contributed by atoms with Gasteiger partial charge in [-0.05, 0) is 57.1 Å². The molecule has 1 saturated heterocycles. The third kappa shape index (κ3) is 3.90. The maximum absolute atomic E-state index is 5.85. The molecule has 2 rings (SSSR count). The molecule has 2 nitrogen and oxygen atoms in total. The molecule has 17 heavy (non-hydrogen) atoms. The molecule has 1 aliphatic rings. The average Bonchev–Trinajstić information content (AvgIpc) is 2.34.